The minimum Gasteiger partial charge on any atom is -0.295 e. The van der Waals surface area contributed by atoms with Gasteiger partial charge in [0.2, 0.25) is 0 Å². The maximum absolute atomic E-state index is 12.2. The molecule has 0 radical (unpaired) electrons. The van der Waals surface area contributed by atoms with Gasteiger partial charge < -0.3 is 0 Å². The lowest BCUT2D eigenvalue weighted by molar-refractivity contribution is -0.117. The summed E-state index contributed by atoms with van der Waals surface area (Å²) in [6, 6.07) is 0. The number of allylic oxidation sites excluding steroid dienone is 5. The second-order valence-corrected chi connectivity index (χ2v) is 5.87. The van der Waals surface area contributed by atoms with Crippen molar-refractivity contribution in [3.05, 3.63) is 48.6 Å². The monoisotopic (exact) mass is 258 g/mol. The summed E-state index contributed by atoms with van der Waals surface area (Å²) in [5, 5.41) is 0. The molecule has 1 heteroatoms. The van der Waals surface area contributed by atoms with Crippen molar-refractivity contribution < 1.29 is 4.79 Å². The minimum atomic E-state index is -0.0193. The molecule has 0 unspecified atom stereocenters. The molecule has 104 valence electrons. The van der Waals surface area contributed by atoms with Crippen molar-refractivity contribution in [1.82, 2.24) is 0 Å². The highest BCUT2D eigenvalue weighted by atomic mass is 16.1. The number of hydrogen-bond acceptors (Lipinski definition) is 1. The maximum atomic E-state index is 12.2. The molecule has 1 nitrogen and oxygen atoms in total. The molecule has 19 heavy (non-hydrogen) atoms. The van der Waals surface area contributed by atoms with Gasteiger partial charge in [0.25, 0.3) is 0 Å². The normalized spacial score (nSPS) is 27.3. The second-order valence-electron chi connectivity index (χ2n) is 5.87. The standard InChI is InChI=1S/C18H26O/c1-7-9-10-15-14(5)17(19)12-16(13(3)4)18(15,6)11-8-2/h7-8,16H,1-3,9-12H2,4-6H3/t16-,18-/m0/s1. The predicted octanol–water partition coefficient (Wildman–Crippen LogP) is 5.02. The first-order valence-electron chi connectivity index (χ1n) is 6.99. The van der Waals surface area contributed by atoms with E-state index in [1.807, 2.05) is 26.0 Å². The van der Waals surface area contributed by atoms with Crippen LogP contribution < -0.4 is 0 Å². The molecule has 0 heterocycles. The molecule has 0 amide bonds. The van der Waals surface area contributed by atoms with Gasteiger partial charge in [-0.15, -0.1) is 13.2 Å². The molecule has 2 atom stereocenters. The molecule has 0 saturated heterocycles. The van der Waals surface area contributed by atoms with Crippen LogP contribution in [0.15, 0.2) is 48.6 Å². The third-order valence-corrected chi connectivity index (χ3v) is 4.48. The Balaban J connectivity index is 3.32. The number of hydrogen-bond donors (Lipinski definition) is 0. The number of carbonyl (C=O) groups is 1. The number of carbonyl (C=O) groups excluding carboxylic acids is 1. The quantitative estimate of drug-likeness (QED) is 0.612. The molecule has 0 bridgehead atoms. The smallest absolute Gasteiger partial charge is 0.159 e. The molecule has 1 rings (SSSR count). The van der Waals surface area contributed by atoms with Crippen LogP contribution in [-0.4, -0.2) is 5.78 Å². The van der Waals surface area contributed by atoms with Gasteiger partial charge in [-0.25, -0.2) is 0 Å². The van der Waals surface area contributed by atoms with Crippen LogP contribution in [0.5, 0.6) is 0 Å². The summed E-state index contributed by atoms with van der Waals surface area (Å²) in [5.74, 6) is 0.495. The van der Waals surface area contributed by atoms with Gasteiger partial charge in [0.15, 0.2) is 5.78 Å². The lowest BCUT2D eigenvalue weighted by Crippen LogP contribution is -2.37. The Morgan fingerprint density at radius 2 is 2.05 bits per heavy atom. The summed E-state index contributed by atoms with van der Waals surface area (Å²) in [6.07, 6.45) is 7.19. The zero-order valence-corrected chi connectivity index (χ0v) is 12.6. The van der Waals surface area contributed by atoms with Gasteiger partial charge in [-0.2, -0.15) is 0 Å². The van der Waals surface area contributed by atoms with E-state index in [-0.39, 0.29) is 17.1 Å². The molecular weight excluding hydrogens is 232 g/mol. The summed E-state index contributed by atoms with van der Waals surface area (Å²) in [5.41, 5.74) is 3.30. The second kappa shape index (κ2) is 6.18. The van der Waals surface area contributed by atoms with Crippen LogP contribution in [0.25, 0.3) is 0 Å². The van der Waals surface area contributed by atoms with Crippen molar-refractivity contribution >= 4 is 5.78 Å². The van der Waals surface area contributed by atoms with E-state index in [1.54, 1.807) is 0 Å². The Labute approximate surface area is 117 Å². The van der Waals surface area contributed by atoms with E-state index in [0.717, 1.165) is 30.4 Å². The van der Waals surface area contributed by atoms with Crippen LogP contribution in [0.3, 0.4) is 0 Å². The zero-order chi connectivity index (χ0) is 14.6. The minimum absolute atomic E-state index is 0.0193. The summed E-state index contributed by atoms with van der Waals surface area (Å²) >= 11 is 0. The van der Waals surface area contributed by atoms with Crippen molar-refractivity contribution in [2.75, 3.05) is 0 Å². The average molecular weight is 258 g/mol. The zero-order valence-electron chi connectivity index (χ0n) is 12.6. The van der Waals surface area contributed by atoms with Crippen LogP contribution >= 0.6 is 0 Å². The van der Waals surface area contributed by atoms with Crippen LogP contribution in [0, 0.1) is 11.3 Å². The van der Waals surface area contributed by atoms with Crippen LogP contribution in [-0.2, 0) is 4.79 Å². The Hall–Kier alpha value is -1.37. The topological polar surface area (TPSA) is 17.1 Å². The number of rotatable bonds is 6. The Bertz CT molecular complexity index is 439. The molecule has 0 aromatic rings. The molecule has 1 aliphatic carbocycles. The molecule has 0 aromatic heterocycles. The maximum Gasteiger partial charge on any atom is 0.159 e. The van der Waals surface area contributed by atoms with Gasteiger partial charge in [0.1, 0.15) is 0 Å². The van der Waals surface area contributed by atoms with Crippen molar-refractivity contribution in [3.63, 3.8) is 0 Å². The van der Waals surface area contributed by atoms with Crippen molar-refractivity contribution in [2.24, 2.45) is 11.3 Å². The van der Waals surface area contributed by atoms with Crippen molar-refractivity contribution in [2.45, 2.75) is 46.5 Å². The summed E-state index contributed by atoms with van der Waals surface area (Å²) < 4.78 is 0. The third kappa shape index (κ3) is 2.97. The van der Waals surface area contributed by atoms with Gasteiger partial charge in [-0.05, 0) is 50.0 Å². The highest BCUT2D eigenvalue weighted by Gasteiger charge is 2.42. The molecule has 0 saturated carbocycles. The number of Topliss-reactive ketones (excluding diaryl/α,β-unsaturated/α-hetero) is 1. The Morgan fingerprint density at radius 3 is 2.53 bits per heavy atom. The van der Waals surface area contributed by atoms with E-state index in [4.69, 9.17) is 0 Å². The van der Waals surface area contributed by atoms with E-state index in [1.165, 1.54) is 5.57 Å². The number of ketones is 1. The van der Waals surface area contributed by atoms with E-state index < -0.39 is 0 Å². The largest absolute Gasteiger partial charge is 0.295 e. The lowest BCUT2D eigenvalue weighted by atomic mass is 9.59. The fourth-order valence-corrected chi connectivity index (χ4v) is 3.37. The average Bonchev–Trinajstić information content (AvgIpc) is 2.34. The molecular formula is C18H26O. The third-order valence-electron chi connectivity index (χ3n) is 4.48. The van der Waals surface area contributed by atoms with Gasteiger partial charge >= 0.3 is 0 Å². The lowest BCUT2D eigenvalue weighted by Gasteiger charge is -2.44. The van der Waals surface area contributed by atoms with Gasteiger partial charge in [-0.1, -0.05) is 36.8 Å². The summed E-state index contributed by atoms with van der Waals surface area (Å²) in [7, 11) is 0. The van der Waals surface area contributed by atoms with Crippen LogP contribution in [0.2, 0.25) is 0 Å². The Morgan fingerprint density at radius 1 is 1.42 bits per heavy atom. The first-order valence-corrected chi connectivity index (χ1v) is 6.99. The Kier molecular flexibility index (Phi) is 5.11. The summed E-state index contributed by atoms with van der Waals surface area (Å²) in [6.45, 7) is 18.0. The van der Waals surface area contributed by atoms with Crippen molar-refractivity contribution in [3.8, 4) is 0 Å². The van der Waals surface area contributed by atoms with Crippen LogP contribution in [0.1, 0.15) is 46.5 Å². The van der Waals surface area contributed by atoms with Crippen LogP contribution in [0.4, 0.5) is 0 Å². The van der Waals surface area contributed by atoms with E-state index >= 15 is 0 Å². The van der Waals surface area contributed by atoms with E-state index in [2.05, 4.69) is 26.7 Å². The highest BCUT2D eigenvalue weighted by Crippen LogP contribution is 2.50. The van der Waals surface area contributed by atoms with E-state index in [0.29, 0.717) is 6.42 Å². The first kappa shape index (κ1) is 15.7. The molecule has 0 fully saturated rings. The van der Waals surface area contributed by atoms with E-state index in [9.17, 15) is 4.79 Å². The first-order chi connectivity index (χ1) is 8.88. The molecule has 0 aromatic carbocycles. The summed E-state index contributed by atoms with van der Waals surface area (Å²) in [4.78, 5) is 12.2. The predicted molar refractivity (Wildman–Crippen MR) is 83.0 cm³/mol. The molecule has 0 aliphatic heterocycles. The fraction of sp³-hybridized carbons (Fsp3) is 0.500. The highest BCUT2D eigenvalue weighted by molar-refractivity contribution is 5.97. The van der Waals surface area contributed by atoms with Gasteiger partial charge in [0, 0.05) is 6.42 Å². The SMILES string of the molecule is C=CCCC1=C(C)C(=O)C[C@@H](C(=C)C)[C@@]1(C)CC=C. The molecule has 0 N–H and O–H groups in total. The van der Waals surface area contributed by atoms with Gasteiger partial charge in [-0.3, -0.25) is 4.79 Å². The van der Waals surface area contributed by atoms with Crippen molar-refractivity contribution in [1.29, 1.82) is 0 Å². The fourth-order valence-electron chi connectivity index (χ4n) is 3.37. The molecule has 0 spiro atoms. The van der Waals surface area contributed by atoms with Gasteiger partial charge in [0.05, 0.1) is 0 Å². The molecule has 1 aliphatic rings.